The molecule has 0 aliphatic heterocycles. The summed E-state index contributed by atoms with van der Waals surface area (Å²) in [5.74, 6) is -1.09. The third-order valence-electron chi connectivity index (χ3n) is 2.98. The fourth-order valence-electron chi connectivity index (χ4n) is 2.01. The van der Waals surface area contributed by atoms with Crippen LogP contribution in [0.25, 0.3) is 0 Å². The van der Waals surface area contributed by atoms with Crippen LogP contribution in [0.5, 0.6) is 0 Å². The molecule has 2 rings (SSSR count). The molecular formula is C16H19F2N3. The third kappa shape index (κ3) is 5.02. The highest BCUT2D eigenvalue weighted by atomic mass is 19.1. The molecule has 0 bridgehead atoms. The van der Waals surface area contributed by atoms with Crippen LogP contribution in [0, 0.1) is 11.6 Å². The third-order valence-corrected chi connectivity index (χ3v) is 2.98. The van der Waals surface area contributed by atoms with Crippen LogP contribution < -0.4 is 10.6 Å². The van der Waals surface area contributed by atoms with Crippen molar-refractivity contribution in [2.45, 2.75) is 19.8 Å². The summed E-state index contributed by atoms with van der Waals surface area (Å²) in [5.41, 5.74) is 2.47. The molecule has 5 heteroatoms. The normalized spacial score (nSPS) is 10.4. The Morgan fingerprint density at radius 3 is 2.14 bits per heavy atom. The summed E-state index contributed by atoms with van der Waals surface area (Å²) < 4.78 is 26.1. The second-order valence-electron chi connectivity index (χ2n) is 4.84. The SMILES string of the molecule is CCCNc1cncc(NCCc2cc(F)cc(F)c2)c1. The first-order valence-corrected chi connectivity index (χ1v) is 7.05. The number of hydrogen-bond donors (Lipinski definition) is 2. The van der Waals surface area contributed by atoms with Crippen molar-refractivity contribution in [1.29, 1.82) is 0 Å². The molecule has 0 aliphatic carbocycles. The van der Waals surface area contributed by atoms with Gasteiger partial charge in [0, 0.05) is 19.2 Å². The van der Waals surface area contributed by atoms with Crippen LogP contribution in [-0.4, -0.2) is 18.1 Å². The summed E-state index contributed by atoms with van der Waals surface area (Å²) in [6, 6.07) is 5.54. The molecule has 2 N–H and O–H groups in total. The van der Waals surface area contributed by atoms with Gasteiger partial charge in [-0.05, 0) is 36.6 Å². The quantitative estimate of drug-likeness (QED) is 0.814. The van der Waals surface area contributed by atoms with E-state index >= 15 is 0 Å². The zero-order valence-corrected chi connectivity index (χ0v) is 12.0. The van der Waals surface area contributed by atoms with Gasteiger partial charge in [-0.3, -0.25) is 4.98 Å². The standard InChI is InChI=1S/C16H19F2N3/c1-2-4-20-15-9-16(11-19-10-15)21-5-3-12-6-13(17)8-14(18)7-12/h6-11,20-21H,2-5H2,1H3. The largest absolute Gasteiger partial charge is 0.384 e. The molecule has 0 saturated carbocycles. The molecule has 0 radical (unpaired) electrons. The van der Waals surface area contributed by atoms with Crippen LogP contribution in [0.3, 0.4) is 0 Å². The highest BCUT2D eigenvalue weighted by Gasteiger charge is 2.01. The first-order chi connectivity index (χ1) is 10.2. The minimum absolute atomic E-state index is 0.543. The fourth-order valence-corrected chi connectivity index (χ4v) is 2.01. The van der Waals surface area contributed by atoms with E-state index in [1.54, 1.807) is 12.4 Å². The van der Waals surface area contributed by atoms with Crippen LogP contribution in [0.15, 0.2) is 36.7 Å². The Bertz CT molecular complexity index is 567. The predicted octanol–water partition coefficient (Wildman–Crippen LogP) is 3.84. The number of pyridine rings is 1. The monoisotopic (exact) mass is 291 g/mol. The smallest absolute Gasteiger partial charge is 0.126 e. The Kier molecular flexibility index (Phi) is 5.49. The molecule has 0 atom stereocenters. The number of anilines is 2. The van der Waals surface area contributed by atoms with Crippen LogP contribution in [-0.2, 0) is 6.42 Å². The summed E-state index contributed by atoms with van der Waals surface area (Å²) in [5, 5.41) is 6.46. The zero-order chi connectivity index (χ0) is 15.1. The molecule has 3 nitrogen and oxygen atoms in total. The maximum atomic E-state index is 13.1. The van der Waals surface area contributed by atoms with Crippen LogP contribution in [0.2, 0.25) is 0 Å². The molecule has 0 saturated heterocycles. The maximum absolute atomic E-state index is 13.1. The van der Waals surface area contributed by atoms with Gasteiger partial charge in [0.2, 0.25) is 0 Å². The molecule has 112 valence electrons. The molecule has 0 fully saturated rings. The molecule has 1 aromatic carbocycles. The van der Waals surface area contributed by atoms with Crippen molar-refractivity contribution in [3.8, 4) is 0 Å². The van der Waals surface area contributed by atoms with Gasteiger partial charge in [0.25, 0.3) is 0 Å². The molecule has 21 heavy (non-hydrogen) atoms. The fraction of sp³-hybridized carbons (Fsp3) is 0.312. The zero-order valence-electron chi connectivity index (χ0n) is 12.0. The Hall–Kier alpha value is -2.17. The van der Waals surface area contributed by atoms with E-state index in [-0.39, 0.29) is 0 Å². The van der Waals surface area contributed by atoms with Gasteiger partial charge in [-0.2, -0.15) is 0 Å². The highest BCUT2D eigenvalue weighted by Crippen LogP contribution is 2.13. The van der Waals surface area contributed by atoms with Gasteiger partial charge in [0.15, 0.2) is 0 Å². The summed E-state index contributed by atoms with van der Waals surface area (Å²) in [6.45, 7) is 3.58. The van der Waals surface area contributed by atoms with E-state index in [9.17, 15) is 8.78 Å². The molecule has 0 unspecified atom stereocenters. The van der Waals surface area contributed by atoms with Gasteiger partial charge in [0.05, 0.1) is 23.8 Å². The lowest BCUT2D eigenvalue weighted by Crippen LogP contribution is -2.07. The number of hydrogen-bond acceptors (Lipinski definition) is 3. The molecule has 2 aromatic rings. The maximum Gasteiger partial charge on any atom is 0.126 e. The number of benzene rings is 1. The summed E-state index contributed by atoms with van der Waals surface area (Å²) in [6.07, 6.45) is 5.08. The molecule has 0 spiro atoms. The lowest BCUT2D eigenvalue weighted by atomic mass is 10.1. The van der Waals surface area contributed by atoms with Crippen LogP contribution >= 0.6 is 0 Å². The topological polar surface area (TPSA) is 37.0 Å². The molecular weight excluding hydrogens is 272 g/mol. The minimum atomic E-state index is -0.544. The van der Waals surface area contributed by atoms with Crippen molar-refractivity contribution < 1.29 is 8.78 Å². The first-order valence-electron chi connectivity index (χ1n) is 7.05. The van der Waals surface area contributed by atoms with Crippen molar-refractivity contribution in [1.82, 2.24) is 4.98 Å². The molecule has 1 heterocycles. The highest BCUT2D eigenvalue weighted by molar-refractivity contribution is 5.53. The number of halogens is 2. The van der Waals surface area contributed by atoms with E-state index in [1.165, 1.54) is 12.1 Å². The second-order valence-corrected chi connectivity index (χ2v) is 4.84. The van der Waals surface area contributed by atoms with Gasteiger partial charge in [-0.1, -0.05) is 6.92 Å². The summed E-state index contributed by atoms with van der Waals surface area (Å²) in [4.78, 5) is 4.15. The molecule has 1 aromatic heterocycles. The number of aromatic nitrogens is 1. The van der Waals surface area contributed by atoms with Gasteiger partial charge < -0.3 is 10.6 Å². The van der Waals surface area contributed by atoms with E-state index in [4.69, 9.17) is 0 Å². The van der Waals surface area contributed by atoms with Crippen molar-refractivity contribution in [3.05, 3.63) is 53.9 Å². The first kappa shape index (κ1) is 15.2. The Labute approximate surface area is 123 Å². The average Bonchev–Trinajstić information content (AvgIpc) is 2.44. The van der Waals surface area contributed by atoms with Crippen LogP contribution in [0.4, 0.5) is 20.2 Å². The lowest BCUT2D eigenvalue weighted by Gasteiger charge is -2.09. The van der Waals surface area contributed by atoms with Crippen molar-refractivity contribution in [2.24, 2.45) is 0 Å². The lowest BCUT2D eigenvalue weighted by molar-refractivity contribution is 0.580. The van der Waals surface area contributed by atoms with E-state index in [2.05, 4.69) is 22.5 Å². The number of nitrogens with one attached hydrogen (secondary N) is 2. The van der Waals surface area contributed by atoms with E-state index in [1.807, 2.05) is 6.07 Å². The van der Waals surface area contributed by atoms with Crippen molar-refractivity contribution >= 4 is 11.4 Å². The van der Waals surface area contributed by atoms with Gasteiger partial charge in [0.1, 0.15) is 11.6 Å². The number of rotatable bonds is 7. The van der Waals surface area contributed by atoms with E-state index in [0.717, 1.165) is 30.4 Å². The molecule has 0 aliphatic rings. The average molecular weight is 291 g/mol. The minimum Gasteiger partial charge on any atom is -0.384 e. The van der Waals surface area contributed by atoms with Crippen molar-refractivity contribution in [3.63, 3.8) is 0 Å². The Morgan fingerprint density at radius 1 is 0.905 bits per heavy atom. The van der Waals surface area contributed by atoms with E-state index in [0.29, 0.717) is 18.5 Å². The summed E-state index contributed by atoms with van der Waals surface area (Å²) >= 11 is 0. The van der Waals surface area contributed by atoms with Gasteiger partial charge >= 0.3 is 0 Å². The van der Waals surface area contributed by atoms with Gasteiger partial charge in [-0.15, -0.1) is 0 Å². The Balaban J connectivity index is 1.88. The molecule has 0 amide bonds. The van der Waals surface area contributed by atoms with Crippen molar-refractivity contribution in [2.75, 3.05) is 23.7 Å². The van der Waals surface area contributed by atoms with Gasteiger partial charge in [-0.25, -0.2) is 8.78 Å². The summed E-state index contributed by atoms with van der Waals surface area (Å²) in [7, 11) is 0. The predicted molar refractivity (Wildman–Crippen MR) is 81.6 cm³/mol. The second kappa shape index (κ2) is 7.57. The number of nitrogens with zero attached hydrogens (tertiary/aromatic N) is 1. The Morgan fingerprint density at radius 2 is 1.52 bits per heavy atom. The van der Waals surface area contributed by atoms with E-state index < -0.39 is 11.6 Å². The van der Waals surface area contributed by atoms with Crippen LogP contribution in [0.1, 0.15) is 18.9 Å².